The zero-order chi connectivity index (χ0) is 14.7. The topological polar surface area (TPSA) is 21.1 Å². The Morgan fingerprint density at radius 3 is 2.71 bits per heavy atom. The van der Waals surface area contributed by atoms with Crippen LogP contribution in [0.5, 0.6) is 0 Å². The third-order valence-electron chi connectivity index (χ3n) is 4.22. The molecule has 1 aromatic carbocycles. The predicted molar refractivity (Wildman–Crippen MR) is 84.4 cm³/mol. The lowest BCUT2D eigenvalue weighted by Crippen LogP contribution is -2.32. The Hall–Kier alpha value is -1.13. The zero-order valence-electron chi connectivity index (χ0n) is 12.2. The molecule has 0 amide bonds. The molecule has 0 bridgehead atoms. The van der Waals surface area contributed by atoms with Crippen molar-refractivity contribution in [3.05, 3.63) is 29.8 Å². The number of alkyl halides is 1. The van der Waals surface area contributed by atoms with Crippen LogP contribution in [0.3, 0.4) is 0 Å². The molecule has 3 rings (SSSR count). The van der Waals surface area contributed by atoms with E-state index in [2.05, 4.69) is 14.5 Å². The number of imidazole rings is 1. The number of para-hydroxylation sites is 1. The van der Waals surface area contributed by atoms with Crippen LogP contribution >= 0.6 is 11.6 Å². The van der Waals surface area contributed by atoms with Gasteiger partial charge < -0.3 is 9.47 Å². The predicted octanol–water partition coefficient (Wildman–Crippen LogP) is 3.44. The van der Waals surface area contributed by atoms with Gasteiger partial charge in [-0.3, -0.25) is 0 Å². The van der Waals surface area contributed by atoms with E-state index in [0.29, 0.717) is 17.8 Å². The molecule has 0 N–H and O–H groups in total. The molecule has 5 heteroatoms. The first-order valence-electron chi connectivity index (χ1n) is 7.71. The molecule has 1 aliphatic rings. The van der Waals surface area contributed by atoms with E-state index in [1.165, 1.54) is 38.4 Å². The Bertz CT molecular complexity index is 605. The summed E-state index contributed by atoms with van der Waals surface area (Å²) in [5.74, 6) is 1.15. The minimum atomic E-state index is -0.250. The lowest BCUT2D eigenvalue weighted by molar-refractivity contribution is 0.221. The number of hydrogen-bond donors (Lipinski definition) is 0. The van der Waals surface area contributed by atoms with E-state index in [9.17, 15) is 4.39 Å². The second-order valence-corrected chi connectivity index (χ2v) is 6.01. The van der Waals surface area contributed by atoms with Crippen LogP contribution in [0.4, 0.5) is 4.39 Å². The molecule has 1 fully saturated rings. The van der Waals surface area contributed by atoms with Crippen molar-refractivity contribution in [1.82, 2.24) is 14.5 Å². The highest BCUT2D eigenvalue weighted by Gasteiger charge is 2.15. The minimum Gasteiger partial charge on any atom is -0.327 e. The molecule has 0 saturated carbocycles. The average Bonchev–Trinajstić information content (AvgIpc) is 2.86. The summed E-state index contributed by atoms with van der Waals surface area (Å²) in [6.07, 6.45) is 4.59. The van der Waals surface area contributed by atoms with Gasteiger partial charge in [-0.1, -0.05) is 12.5 Å². The van der Waals surface area contributed by atoms with Crippen molar-refractivity contribution in [2.45, 2.75) is 32.2 Å². The van der Waals surface area contributed by atoms with Crippen molar-refractivity contribution in [2.75, 3.05) is 25.5 Å². The Balaban J connectivity index is 1.84. The highest BCUT2D eigenvalue weighted by molar-refractivity contribution is 6.17. The van der Waals surface area contributed by atoms with Gasteiger partial charge in [0.25, 0.3) is 0 Å². The number of rotatable bonds is 5. The Labute approximate surface area is 129 Å². The molecular weight excluding hydrogens is 289 g/mol. The summed E-state index contributed by atoms with van der Waals surface area (Å²) in [4.78, 5) is 6.94. The second-order valence-electron chi connectivity index (χ2n) is 5.63. The maximum atomic E-state index is 13.9. The highest BCUT2D eigenvalue weighted by atomic mass is 35.5. The fraction of sp³-hybridized carbons (Fsp3) is 0.562. The summed E-state index contributed by atoms with van der Waals surface area (Å²) in [6, 6.07) is 5.16. The highest BCUT2D eigenvalue weighted by Crippen LogP contribution is 2.20. The smallest absolute Gasteiger partial charge is 0.151 e. The number of aryl methyl sites for hydroxylation is 1. The van der Waals surface area contributed by atoms with E-state index >= 15 is 0 Å². The third-order valence-corrected chi connectivity index (χ3v) is 4.40. The molecule has 2 heterocycles. The van der Waals surface area contributed by atoms with E-state index in [0.717, 1.165) is 24.4 Å². The number of fused-ring (bicyclic) bond motifs is 1. The monoisotopic (exact) mass is 309 g/mol. The van der Waals surface area contributed by atoms with Crippen LogP contribution in [-0.4, -0.2) is 40.0 Å². The fourth-order valence-electron chi connectivity index (χ4n) is 3.11. The van der Waals surface area contributed by atoms with Gasteiger partial charge in [0.2, 0.25) is 0 Å². The lowest BCUT2D eigenvalue weighted by atomic mass is 10.1. The summed E-state index contributed by atoms with van der Waals surface area (Å²) in [7, 11) is 0. The van der Waals surface area contributed by atoms with Crippen LogP contribution in [0.2, 0.25) is 0 Å². The van der Waals surface area contributed by atoms with E-state index in [1.54, 1.807) is 6.07 Å². The van der Waals surface area contributed by atoms with Crippen LogP contribution in [0.1, 0.15) is 25.1 Å². The number of likely N-dealkylation sites (tertiary alicyclic amines) is 1. The van der Waals surface area contributed by atoms with Crippen LogP contribution < -0.4 is 0 Å². The van der Waals surface area contributed by atoms with E-state index in [4.69, 9.17) is 11.6 Å². The fourth-order valence-corrected chi connectivity index (χ4v) is 3.28. The summed E-state index contributed by atoms with van der Waals surface area (Å²) >= 11 is 5.87. The summed E-state index contributed by atoms with van der Waals surface area (Å²) in [5.41, 5.74) is 1.35. The van der Waals surface area contributed by atoms with Crippen LogP contribution in [0, 0.1) is 5.82 Å². The normalized spacial score (nSPS) is 16.7. The Morgan fingerprint density at radius 1 is 1.14 bits per heavy atom. The molecule has 3 nitrogen and oxygen atoms in total. The molecule has 114 valence electrons. The van der Waals surface area contributed by atoms with Gasteiger partial charge in [-0.2, -0.15) is 0 Å². The largest absolute Gasteiger partial charge is 0.327 e. The first-order valence-corrected chi connectivity index (χ1v) is 8.25. The van der Waals surface area contributed by atoms with Crippen LogP contribution in [0.15, 0.2) is 18.2 Å². The van der Waals surface area contributed by atoms with E-state index in [-0.39, 0.29) is 5.82 Å². The van der Waals surface area contributed by atoms with Gasteiger partial charge in [0, 0.05) is 25.4 Å². The quantitative estimate of drug-likeness (QED) is 0.789. The van der Waals surface area contributed by atoms with Gasteiger partial charge in [-0.15, -0.1) is 11.6 Å². The van der Waals surface area contributed by atoms with Gasteiger partial charge in [0.05, 0.1) is 5.52 Å². The van der Waals surface area contributed by atoms with Crippen LogP contribution in [0.25, 0.3) is 11.0 Å². The maximum Gasteiger partial charge on any atom is 0.151 e. The standard InChI is InChI=1S/C16H21ClFN3/c17-8-7-15-19-16-13(18)5-4-6-14(16)21(15)12-11-20-9-2-1-3-10-20/h4-6H,1-3,7-12H2. The van der Waals surface area contributed by atoms with E-state index < -0.39 is 0 Å². The average molecular weight is 310 g/mol. The van der Waals surface area contributed by atoms with Crippen LogP contribution in [-0.2, 0) is 13.0 Å². The molecule has 21 heavy (non-hydrogen) atoms. The summed E-state index contributed by atoms with van der Waals surface area (Å²) in [6.45, 7) is 4.20. The third kappa shape index (κ3) is 3.22. The lowest BCUT2D eigenvalue weighted by Gasteiger charge is -2.26. The van der Waals surface area contributed by atoms with Crippen molar-refractivity contribution in [3.63, 3.8) is 0 Å². The summed E-state index contributed by atoms with van der Waals surface area (Å²) in [5, 5.41) is 0. The molecule has 0 atom stereocenters. The van der Waals surface area contributed by atoms with Gasteiger partial charge in [-0.25, -0.2) is 9.37 Å². The summed E-state index contributed by atoms with van der Waals surface area (Å²) < 4.78 is 16.0. The zero-order valence-corrected chi connectivity index (χ0v) is 12.9. The van der Waals surface area contributed by atoms with Crippen molar-refractivity contribution in [3.8, 4) is 0 Å². The Kier molecular flexibility index (Phi) is 4.76. The van der Waals surface area contributed by atoms with Gasteiger partial charge in [0.15, 0.2) is 5.82 Å². The van der Waals surface area contributed by atoms with E-state index in [1.807, 2.05) is 6.07 Å². The molecule has 1 aliphatic heterocycles. The number of benzene rings is 1. The molecular formula is C16H21ClFN3. The number of nitrogens with zero attached hydrogens (tertiary/aromatic N) is 3. The number of aromatic nitrogens is 2. The van der Waals surface area contributed by atoms with Crippen molar-refractivity contribution >= 4 is 22.6 Å². The number of piperidine rings is 1. The molecule has 0 unspecified atom stereocenters. The number of hydrogen-bond acceptors (Lipinski definition) is 2. The maximum absolute atomic E-state index is 13.9. The molecule has 1 saturated heterocycles. The minimum absolute atomic E-state index is 0.250. The molecule has 2 aromatic rings. The van der Waals surface area contributed by atoms with Crippen molar-refractivity contribution < 1.29 is 4.39 Å². The molecule has 0 aliphatic carbocycles. The molecule has 0 spiro atoms. The van der Waals surface area contributed by atoms with Crippen molar-refractivity contribution in [1.29, 1.82) is 0 Å². The SMILES string of the molecule is Fc1cccc2c1nc(CCCl)n2CCN1CCCCC1. The molecule has 0 radical (unpaired) electrons. The first kappa shape index (κ1) is 14.8. The second kappa shape index (κ2) is 6.75. The molecule has 1 aromatic heterocycles. The van der Waals surface area contributed by atoms with Gasteiger partial charge in [-0.05, 0) is 38.1 Å². The Morgan fingerprint density at radius 2 is 1.95 bits per heavy atom. The van der Waals surface area contributed by atoms with Crippen molar-refractivity contribution in [2.24, 2.45) is 0 Å². The first-order chi connectivity index (χ1) is 10.3. The van der Waals surface area contributed by atoms with Gasteiger partial charge in [0.1, 0.15) is 11.3 Å². The number of halogens is 2. The van der Waals surface area contributed by atoms with Gasteiger partial charge >= 0.3 is 0 Å².